The van der Waals surface area contributed by atoms with E-state index in [0.29, 0.717) is 0 Å². The van der Waals surface area contributed by atoms with E-state index in [-0.39, 0.29) is 13.2 Å². The summed E-state index contributed by atoms with van der Waals surface area (Å²) < 4.78 is 2.30. The number of aliphatic hydroxyl groups excluding tert-OH is 2. The minimum Gasteiger partial charge on any atom is -0.392 e. The second kappa shape index (κ2) is 18.2. The lowest BCUT2D eigenvalue weighted by Crippen LogP contribution is -2.32. The summed E-state index contributed by atoms with van der Waals surface area (Å²) in [7, 11) is 0. The summed E-state index contributed by atoms with van der Waals surface area (Å²) in [6.45, 7) is 6.12. The van der Waals surface area contributed by atoms with Crippen molar-refractivity contribution >= 4 is 5.84 Å². The first-order valence-corrected chi connectivity index (χ1v) is 12.1. The van der Waals surface area contributed by atoms with E-state index in [1.54, 1.807) is 0 Å². The number of nitrogens with zero attached hydrogens (tertiary/aromatic N) is 2. The summed E-state index contributed by atoms with van der Waals surface area (Å²) in [6.07, 6.45) is 23.1. The maximum absolute atomic E-state index is 9.24. The fourth-order valence-electron chi connectivity index (χ4n) is 4.09. The van der Waals surface area contributed by atoms with E-state index in [1.807, 2.05) is 0 Å². The van der Waals surface area contributed by atoms with Gasteiger partial charge in [0.2, 0.25) is 5.84 Å². The first kappa shape index (κ1) is 25.2. The van der Waals surface area contributed by atoms with Crippen molar-refractivity contribution in [3.63, 3.8) is 0 Å². The van der Waals surface area contributed by atoms with Crippen LogP contribution in [0.5, 0.6) is 0 Å². The molecule has 1 aliphatic heterocycles. The van der Waals surface area contributed by atoms with Gasteiger partial charge in [-0.3, -0.25) is 9.48 Å². The van der Waals surface area contributed by atoms with Gasteiger partial charge in [-0.25, -0.2) is 0 Å². The van der Waals surface area contributed by atoms with Gasteiger partial charge in [0.05, 0.1) is 13.2 Å². The molecule has 1 aliphatic rings. The zero-order valence-electron chi connectivity index (χ0n) is 18.6. The largest absolute Gasteiger partial charge is 0.392 e. The predicted molar refractivity (Wildman–Crippen MR) is 120 cm³/mol. The van der Waals surface area contributed by atoms with E-state index in [2.05, 4.69) is 28.6 Å². The number of allylic oxidation sites excluding steroid dienone is 2. The average Bonchev–Trinajstić information content (AvgIpc) is 3.07. The normalized spacial score (nSPS) is 14.8. The average molecular weight is 396 g/mol. The molecule has 0 aromatic heterocycles. The molecule has 1 rings (SSSR count). The molecule has 0 spiro atoms. The Morgan fingerprint density at radius 2 is 1.43 bits per heavy atom. The summed E-state index contributed by atoms with van der Waals surface area (Å²) >= 11 is 0. The Bertz CT molecular complexity index is 421. The molecular formula is C24H47N2O2+. The zero-order chi connectivity index (χ0) is 20.3. The molecule has 0 saturated heterocycles. The molecule has 0 bridgehead atoms. The number of unbranched alkanes of at least 4 members (excludes halogenated alkanes) is 11. The van der Waals surface area contributed by atoms with Gasteiger partial charge in [0.25, 0.3) is 0 Å². The van der Waals surface area contributed by atoms with Gasteiger partial charge in [-0.2, -0.15) is 0 Å². The molecule has 0 atom stereocenters. The van der Waals surface area contributed by atoms with Crippen LogP contribution in [0.1, 0.15) is 96.8 Å². The molecule has 0 radical (unpaired) electrons. The monoisotopic (exact) mass is 395 g/mol. The minimum atomic E-state index is 0.211. The Labute approximate surface area is 174 Å². The van der Waals surface area contributed by atoms with Crippen LogP contribution in [-0.4, -0.2) is 64.9 Å². The predicted octanol–water partition coefficient (Wildman–Crippen LogP) is 4.74. The van der Waals surface area contributed by atoms with Crippen LogP contribution >= 0.6 is 0 Å². The van der Waals surface area contributed by atoms with Crippen molar-refractivity contribution in [2.45, 2.75) is 96.8 Å². The molecule has 0 saturated carbocycles. The maximum Gasteiger partial charge on any atom is 0.247 e. The lowest BCUT2D eigenvalue weighted by atomic mass is 10.1. The van der Waals surface area contributed by atoms with E-state index in [1.165, 1.54) is 89.3 Å². The van der Waals surface area contributed by atoms with Crippen LogP contribution in [0.2, 0.25) is 0 Å². The van der Waals surface area contributed by atoms with Crippen LogP contribution in [0.3, 0.4) is 0 Å². The summed E-state index contributed by atoms with van der Waals surface area (Å²) in [6, 6.07) is 0. The molecule has 2 N–H and O–H groups in total. The van der Waals surface area contributed by atoms with Crippen LogP contribution < -0.4 is 0 Å². The van der Waals surface area contributed by atoms with Crippen molar-refractivity contribution in [2.24, 2.45) is 0 Å². The van der Waals surface area contributed by atoms with Gasteiger partial charge in [0.1, 0.15) is 26.2 Å². The SMILES string of the molecule is CCCCCCCCC=CCCCCCCCC1=[N+](CCO)CCN1CCO. The first-order valence-electron chi connectivity index (χ1n) is 12.1. The molecular weight excluding hydrogens is 348 g/mol. The van der Waals surface area contributed by atoms with E-state index >= 15 is 0 Å². The van der Waals surface area contributed by atoms with Crippen LogP contribution in [0.15, 0.2) is 12.2 Å². The number of hydrogen-bond donors (Lipinski definition) is 2. The van der Waals surface area contributed by atoms with E-state index in [0.717, 1.165) is 32.6 Å². The molecule has 0 aliphatic carbocycles. The number of hydrogen-bond acceptors (Lipinski definition) is 3. The van der Waals surface area contributed by atoms with Crippen LogP contribution in [-0.2, 0) is 0 Å². The van der Waals surface area contributed by atoms with Crippen LogP contribution in [0, 0.1) is 0 Å². The number of β-amino-alcohol motifs (C(OH)–C–C–N with tert-alkyl or cyclic N) is 2. The summed E-state index contributed by atoms with van der Waals surface area (Å²) in [5.41, 5.74) is 0. The van der Waals surface area contributed by atoms with Gasteiger partial charge in [0.15, 0.2) is 0 Å². The van der Waals surface area contributed by atoms with Crippen molar-refractivity contribution in [1.82, 2.24) is 4.90 Å². The Kier molecular flexibility index (Phi) is 16.3. The third kappa shape index (κ3) is 11.9. The van der Waals surface area contributed by atoms with E-state index in [4.69, 9.17) is 0 Å². The molecule has 0 unspecified atom stereocenters. The van der Waals surface area contributed by atoms with E-state index in [9.17, 15) is 10.2 Å². The second-order valence-corrected chi connectivity index (χ2v) is 8.17. The van der Waals surface area contributed by atoms with Crippen molar-refractivity contribution in [1.29, 1.82) is 0 Å². The summed E-state index contributed by atoms with van der Waals surface area (Å²) in [5.74, 6) is 1.33. The molecule has 0 aromatic carbocycles. The van der Waals surface area contributed by atoms with Crippen molar-refractivity contribution < 1.29 is 14.8 Å². The molecule has 28 heavy (non-hydrogen) atoms. The number of rotatable bonds is 19. The van der Waals surface area contributed by atoms with Gasteiger partial charge in [0, 0.05) is 6.42 Å². The van der Waals surface area contributed by atoms with Crippen molar-refractivity contribution in [3.05, 3.63) is 12.2 Å². The molecule has 4 nitrogen and oxygen atoms in total. The van der Waals surface area contributed by atoms with Crippen molar-refractivity contribution in [3.8, 4) is 0 Å². The highest BCUT2D eigenvalue weighted by atomic mass is 16.3. The topological polar surface area (TPSA) is 46.7 Å². The third-order valence-corrected chi connectivity index (χ3v) is 5.77. The number of aliphatic hydroxyl groups is 2. The lowest BCUT2D eigenvalue weighted by Gasteiger charge is -2.12. The Balaban J connectivity index is 1.99. The third-order valence-electron chi connectivity index (χ3n) is 5.77. The van der Waals surface area contributed by atoms with Gasteiger partial charge >= 0.3 is 0 Å². The van der Waals surface area contributed by atoms with Gasteiger partial charge in [-0.15, -0.1) is 0 Å². The first-order chi connectivity index (χ1) is 13.8. The Hall–Kier alpha value is -0.870. The van der Waals surface area contributed by atoms with Gasteiger partial charge < -0.3 is 10.2 Å². The lowest BCUT2D eigenvalue weighted by molar-refractivity contribution is -0.521. The van der Waals surface area contributed by atoms with E-state index < -0.39 is 0 Å². The fraction of sp³-hybridized carbons (Fsp3) is 0.875. The molecule has 0 aromatic rings. The van der Waals surface area contributed by atoms with Crippen LogP contribution in [0.4, 0.5) is 0 Å². The standard InChI is InChI=1S/C24H47N2O2/c1-2-3-4-5-6-7-8-9-10-11-12-13-14-15-16-17-24-25(20-22-27)18-19-26(24)21-23-28/h9-10,27-28H,2-8,11-23H2,1H3/q+1. The smallest absolute Gasteiger partial charge is 0.247 e. The highest BCUT2D eigenvalue weighted by Crippen LogP contribution is 2.13. The van der Waals surface area contributed by atoms with Gasteiger partial charge in [-0.1, -0.05) is 70.4 Å². The quantitative estimate of drug-likeness (QED) is 0.189. The van der Waals surface area contributed by atoms with Crippen LogP contribution in [0.25, 0.3) is 0 Å². The fourth-order valence-corrected chi connectivity index (χ4v) is 4.09. The highest BCUT2D eigenvalue weighted by molar-refractivity contribution is 5.78. The maximum atomic E-state index is 9.24. The zero-order valence-corrected chi connectivity index (χ0v) is 18.6. The molecule has 164 valence electrons. The Morgan fingerprint density at radius 1 is 0.821 bits per heavy atom. The minimum absolute atomic E-state index is 0.211. The number of amidine groups is 1. The van der Waals surface area contributed by atoms with Gasteiger partial charge in [-0.05, 0) is 32.1 Å². The molecule has 4 heteroatoms. The molecule has 0 fully saturated rings. The molecule has 1 heterocycles. The summed E-state index contributed by atoms with van der Waals surface area (Å²) in [5, 5.41) is 18.5. The second-order valence-electron chi connectivity index (χ2n) is 8.17. The molecule has 0 amide bonds. The summed E-state index contributed by atoms with van der Waals surface area (Å²) in [4.78, 5) is 2.30. The Morgan fingerprint density at radius 3 is 2.04 bits per heavy atom. The highest BCUT2D eigenvalue weighted by Gasteiger charge is 2.28. The van der Waals surface area contributed by atoms with Crippen molar-refractivity contribution in [2.75, 3.05) is 39.4 Å².